The normalized spacial score (nSPS) is 44.1. The first-order valence-corrected chi connectivity index (χ1v) is 6.68. The van der Waals surface area contributed by atoms with Crippen molar-refractivity contribution in [3.05, 3.63) is 0 Å². The highest BCUT2D eigenvalue weighted by Gasteiger charge is 2.49. The molecule has 0 spiro atoms. The highest BCUT2D eigenvalue weighted by atomic mass is 31.2. The van der Waals surface area contributed by atoms with Gasteiger partial charge in [-0.05, 0) is 18.8 Å². The van der Waals surface area contributed by atoms with Gasteiger partial charge in [0.25, 0.3) is 0 Å². The first kappa shape index (κ1) is 9.53. The van der Waals surface area contributed by atoms with E-state index >= 15 is 0 Å². The molecule has 0 aromatic heterocycles. The molecule has 80 valence electrons. The average Bonchev–Trinajstić information content (AvgIpc) is 2.33. The van der Waals surface area contributed by atoms with E-state index in [1.165, 1.54) is 32.1 Å². The summed E-state index contributed by atoms with van der Waals surface area (Å²) in [4.78, 5) is 0. The Morgan fingerprint density at radius 1 is 0.857 bits per heavy atom. The van der Waals surface area contributed by atoms with Gasteiger partial charge >= 0.3 is 8.60 Å². The zero-order valence-electron chi connectivity index (χ0n) is 8.41. The summed E-state index contributed by atoms with van der Waals surface area (Å²) < 4.78 is 16.7. The molecular formula is C10H17O3P. The van der Waals surface area contributed by atoms with Gasteiger partial charge in [-0.2, -0.15) is 0 Å². The molecule has 1 saturated carbocycles. The Bertz CT molecular complexity index is 194. The summed E-state index contributed by atoms with van der Waals surface area (Å²) in [6, 6.07) is 0. The van der Waals surface area contributed by atoms with Crippen molar-refractivity contribution in [3.63, 3.8) is 0 Å². The molecule has 1 aliphatic carbocycles. The summed E-state index contributed by atoms with van der Waals surface area (Å²) in [6.07, 6.45) is 6.84. The molecule has 4 rings (SSSR count). The molecule has 0 radical (unpaired) electrons. The van der Waals surface area contributed by atoms with Crippen LogP contribution < -0.4 is 0 Å². The molecule has 4 heteroatoms. The van der Waals surface area contributed by atoms with Crippen molar-refractivity contribution in [2.24, 2.45) is 11.3 Å². The maximum atomic E-state index is 5.55. The van der Waals surface area contributed by atoms with Gasteiger partial charge in [-0.3, -0.25) is 0 Å². The Labute approximate surface area is 86.1 Å². The lowest BCUT2D eigenvalue weighted by Crippen LogP contribution is -2.49. The van der Waals surface area contributed by atoms with Crippen molar-refractivity contribution in [2.75, 3.05) is 19.8 Å². The van der Waals surface area contributed by atoms with E-state index in [2.05, 4.69) is 0 Å². The van der Waals surface area contributed by atoms with Crippen molar-refractivity contribution in [2.45, 2.75) is 32.1 Å². The zero-order valence-corrected chi connectivity index (χ0v) is 9.30. The minimum atomic E-state index is -0.956. The van der Waals surface area contributed by atoms with Crippen molar-refractivity contribution < 1.29 is 13.6 Å². The molecule has 4 fully saturated rings. The Balaban J connectivity index is 1.73. The molecule has 3 aliphatic heterocycles. The van der Waals surface area contributed by atoms with Gasteiger partial charge in [-0.15, -0.1) is 0 Å². The topological polar surface area (TPSA) is 27.7 Å². The number of fused-ring (bicyclic) bond motifs is 3. The first-order valence-electron chi connectivity index (χ1n) is 5.58. The van der Waals surface area contributed by atoms with Crippen LogP contribution in [0.2, 0.25) is 0 Å². The lowest BCUT2D eigenvalue weighted by molar-refractivity contribution is -0.111. The molecule has 0 unspecified atom stereocenters. The smallest absolute Gasteiger partial charge is 0.311 e. The van der Waals surface area contributed by atoms with Gasteiger partial charge < -0.3 is 13.6 Å². The largest absolute Gasteiger partial charge is 0.332 e. The molecular weight excluding hydrogens is 199 g/mol. The molecule has 3 heterocycles. The summed E-state index contributed by atoms with van der Waals surface area (Å²) in [7, 11) is -0.956. The van der Waals surface area contributed by atoms with Crippen LogP contribution in [0.3, 0.4) is 0 Å². The predicted molar refractivity (Wildman–Crippen MR) is 53.8 cm³/mol. The molecule has 4 aliphatic rings. The second-order valence-electron chi connectivity index (χ2n) is 4.74. The highest BCUT2D eigenvalue weighted by molar-refractivity contribution is 7.41. The molecule has 14 heavy (non-hydrogen) atoms. The van der Waals surface area contributed by atoms with Gasteiger partial charge in [0.15, 0.2) is 0 Å². The van der Waals surface area contributed by atoms with E-state index in [0.717, 1.165) is 25.7 Å². The van der Waals surface area contributed by atoms with E-state index in [1.807, 2.05) is 0 Å². The molecule has 0 aromatic carbocycles. The fourth-order valence-corrected chi connectivity index (χ4v) is 4.16. The van der Waals surface area contributed by atoms with E-state index in [4.69, 9.17) is 13.6 Å². The monoisotopic (exact) mass is 216 g/mol. The van der Waals surface area contributed by atoms with Gasteiger partial charge in [0.2, 0.25) is 0 Å². The van der Waals surface area contributed by atoms with E-state index in [0.29, 0.717) is 0 Å². The predicted octanol–water partition coefficient (Wildman–Crippen LogP) is 2.86. The summed E-state index contributed by atoms with van der Waals surface area (Å²) in [6.45, 7) is 2.64. The van der Waals surface area contributed by atoms with Crippen molar-refractivity contribution in [1.29, 1.82) is 0 Å². The van der Waals surface area contributed by atoms with Gasteiger partial charge in [-0.25, -0.2) is 0 Å². The van der Waals surface area contributed by atoms with Crippen LogP contribution in [0, 0.1) is 11.3 Å². The highest BCUT2D eigenvalue weighted by Crippen LogP contribution is 2.57. The fourth-order valence-electron chi connectivity index (χ4n) is 2.85. The van der Waals surface area contributed by atoms with Gasteiger partial charge in [0, 0.05) is 5.41 Å². The van der Waals surface area contributed by atoms with Crippen LogP contribution in [0.25, 0.3) is 0 Å². The Kier molecular flexibility index (Phi) is 2.53. The third-order valence-electron chi connectivity index (χ3n) is 3.84. The Hall–Kier alpha value is 0.310. The van der Waals surface area contributed by atoms with Crippen molar-refractivity contribution in [1.82, 2.24) is 0 Å². The second kappa shape index (κ2) is 3.71. The maximum Gasteiger partial charge on any atom is 0.332 e. The van der Waals surface area contributed by atoms with E-state index in [-0.39, 0.29) is 5.41 Å². The minimum absolute atomic E-state index is 0.206. The molecule has 0 aromatic rings. The summed E-state index contributed by atoms with van der Waals surface area (Å²) in [5, 5.41) is 0. The third kappa shape index (κ3) is 1.51. The van der Waals surface area contributed by atoms with Gasteiger partial charge in [-0.1, -0.05) is 19.3 Å². The lowest BCUT2D eigenvalue weighted by atomic mass is 9.70. The standard InChI is InChI=1S/C10H17O3P/c1-2-4-9(5-3-1)10-6-11-14(12-7-10)13-8-10/h9H,1-8H2. The lowest BCUT2D eigenvalue weighted by Gasteiger charge is -2.49. The minimum Gasteiger partial charge on any atom is -0.311 e. The third-order valence-corrected chi connectivity index (χ3v) is 4.86. The Morgan fingerprint density at radius 2 is 1.43 bits per heavy atom. The number of rotatable bonds is 1. The number of hydrogen-bond donors (Lipinski definition) is 0. The summed E-state index contributed by atoms with van der Waals surface area (Å²) in [5.41, 5.74) is 0.206. The zero-order chi connectivity index (χ0) is 9.43. The van der Waals surface area contributed by atoms with E-state index in [9.17, 15) is 0 Å². The average molecular weight is 216 g/mol. The molecule has 0 amide bonds. The molecule has 0 N–H and O–H groups in total. The molecule has 2 bridgehead atoms. The second-order valence-corrected chi connectivity index (χ2v) is 5.96. The quantitative estimate of drug-likeness (QED) is 0.631. The fraction of sp³-hybridized carbons (Fsp3) is 1.00. The maximum absolute atomic E-state index is 5.55. The summed E-state index contributed by atoms with van der Waals surface area (Å²) in [5.74, 6) is 0.772. The van der Waals surface area contributed by atoms with Crippen LogP contribution in [0.15, 0.2) is 0 Å². The van der Waals surface area contributed by atoms with E-state index in [1.54, 1.807) is 0 Å². The first-order chi connectivity index (χ1) is 6.89. The van der Waals surface area contributed by atoms with Crippen molar-refractivity contribution >= 4 is 8.60 Å². The van der Waals surface area contributed by atoms with Crippen LogP contribution in [0.5, 0.6) is 0 Å². The molecule has 3 nitrogen and oxygen atoms in total. The Morgan fingerprint density at radius 3 is 2.00 bits per heavy atom. The van der Waals surface area contributed by atoms with Crippen LogP contribution in [0.4, 0.5) is 0 Å². The SMILES string of the molecule is C1CCC(C23COP(OC2)OC3)CC1. The van der Waals surface area contributed by atoms with Crippen molar-refractivity contribution in [3.8, 4) is 0 Å². The van der Waals surface area contributed by atoms with Crippen LogP contribution in [0.1, 0.15) is 32.1 Å². The van der Waals surface area contributed by atoms with E-state index < -0.39 is 8.60 Å². The summed E-state index contributed by atoms with van der Waals surface area (Å²) >= 11 is 0. The van der Waals surface area contributed by atoms with Crippen LogP contribution in [-0.2, 0) is 13.6 Å². The van der Waals surface area contributed by atoms with Crippen LogP contribution in [-0.4, -0.2) is 19.8 Å². The number of hydrogen-bond acceptors (Lipinski definition) is 3. The van der Waals surface area contributed by atoms with Gasteiger partial charge in [0.1, 0.15) is 0 Å². The molecule has 3 saturated heterocycles. The van der Waals surface area contributed by atoms with Crippen LogP contribution >= 0.6 is 8.60 Å². The van der Waals surface area contributed by atoms with Gasteiger partial charge in [0.05, 0.1) is 19.8 Å². The molecule has 0 atom stereocenters.